The van der Waals surface area contributed by atoms with E-state index in [0.29, 0.717) is 35.9 Å². The van der Waals surface area contributed by atoms with Gasteiger partial charge in [0.05, 0.1) is 18.9 Å². The summed E-state index contributed by atoms with van der Waals surface area (Å²) in [5.41, 5.74) is 4.02. The molecule has 0 spiro atoms. The standard InChI is InChI=1S/C24H24N4O3S/c1-31-14-13-28-23(30)22-21(17-9-3-4-10-18(17)25-22)26-24(28)32-15-20(29)27-12-6-8-16-7-2-5-11-19(16)27/h2-5,7,9-11,25H,6,8,12-15H2,1H3. The Morgan fingerprint density at radius 1 is 1.19 bits per heavy atom. The molecule has 0 unspecified atom stereocenters. The number of nitrogens with one attached hydrogen (secondary N) is 1. The molecular formula is C24H24N4O3S. The Labute approximate surface area is 189 Å². The van der Waals surface area contributed by atoms with Gasteiger partial charge in [-0.05, 0) is 30.5 Å². The van der Waals surface area contributed by atoms with Crippen molar-refractivity contribution >= 4 is 45.3 Å². The van der Waals surface area contributed by atoms with E-state index in [9.17, 15) is 9.59 Å². The molecule has 5 rings (SSSR count). The van der Waals surface area contributed by atoms with E-state index >= 15 is 0 Å². The number of benzene rings is 2. The van der Waals surface area contributed by atoms with Gasteiger partial charge in [0, 0.05) is 30.2 Å². The van der Waals surface area contributed by atoms with Crippen LogP contribution in [0.4, 0.5) is 5.69 Å². The fourth-order valence-electron chi connectivity index (χ4n) is 4.26. The van der Waals surface area contributed by atoms with Crippen molar-refractivity contribution in [1.82, 2.24) is 14.5 Å². The van der Waals surface area contributed by atoms with Crippen LogP contribution in [-0.2, 0) is 22.5 Å². The second kappa shape index (κ2) is 8.80. The number of thioether (sulfide) groups is 1. The van der Waals surface area contributed by atoms with Crippen LogP contribution in [0.3, 0.4) is 0 Å². The summed E-state index contributed by atoms with van der Waals surface area (Å²) in [6.07, 6.45) is 1.94. The Balaban J connectivity index is 1.48. The number of amides is 1. The smallest absolute Gasteiger partial charge is 0.278 e. The lowest BCUT2D eigenvalue weighted by atomic mass is 10.0. The third-order valence-corrected chi connectivity index (χ3v) is 6.79. The highest BCUT2D eigenvalue weighted by Gasteiger charge is 2.23. The maximum Gasteiger partial charge on any atom is 0.278 e. The molecular weight excluding hydrogens is 424 g/mol. The molecule has 0 atom stereocenters. The van der Waals surface area contributed by atoms with Crippen LogP contribution in [-0.4, -0.2) is 46.5 Å². The Kier molecular flexibility index (Phi) is 5.71. The summed E-state index contributed by atoms with van der Waals surface area (Å²) in [6.45, 7) is 1.47. The lowest BCUT2D eigenvalue weighted by Crippen LogP contribution is -2.36. The first-order chi connectivity index (χ1) is 15.7. The molecule has 0 radical (unpaired) electrons. The molecule has 0 saturated carbocycles. The number of carbonyl (C=O) groups excluding carboxylic acids is 1. The molecule has 3 heterocycles. The molecule has 7 nitrogen and oxygen atoms in total. The predicted octanol–water partition coefficient (Wildman–Crippen LogP) is 3.60. The average Bonchev–Trinajstić information content (AvgIpc) is 3.20. The lowest BCUT2D eigenvalue weighted by molar-refractivity contribution is -0.116. The van der Waals surface area contributed by atoms with E-state index in [2.05, 4.69) is 11.1 Å². The largest absolute Gasteiger partial charge is 0.383 e. The highest BCUT2D eigenvalue weighted by atomic mass is 32.2. The summed E-state index contributed by atoms with van der Waals surface area (Å²) in [6, 6.07) is 15.8. The Bertz CT molecular complexity index is 1360. The van der Waals surface area contributed by atoms with Crippen LogP contribution >= 0.6 is 11.8 Å². The number of aromatic amines is 1. The number of nitrogens with zero attached hydrogens (tertiary/aromatic N) is 3. The molecule has 0 saturated heterocycles. The molecule has 1 aliphatic rings. The highest BCUT2D eigenvalue weighted by molar-refractivity contribution is 7.99. The molecule has 32 heavy (non-hydrogen) atoms. The zero-order chi connectivity index (χ0) is 22.1. The van der Waals surface area contributed by atoms with Crippen LogP contribution < -0.4 is 10.5 Å². The first-order valence-corrected chi connectivity index (χ1v) is 11.7. The number of ether oxygens (including phenoxy) is 1. The van der Waals surface area contributed by atoms with Gasteiger partial charge in [-0.2, -0.15) is 0 Å². The summed E-state index contributed by atoms with van der Waals surface area (Å²) in [4.78, 5) is 36.3. The van der Waals surface area contributed by atoms with Gasteiger partial charge in [0.25, 0.3) is 5.56 Å². The van der Waals surface area contributed by atoms with Gasteiger partial charge >= 0.3 is 0 Å². The molecule has 2 aromatic carbocycles. The second-order valence-electron chi connectivity index (χ2n) is 7.80. The molecule has 0 fully saturated rings. The number of rotatable bonds is 6. The van der Waals surface area contributed by atoms with E-state index in [4.69, 9.17) is 9.72 Å². The third-order valence-electron chi connectivity index (χ3n) is 5.83. The Hall–Kier alpha value is -3.10. The lowest BCUT2D eigenvalue weighted by Gasteiger charge is -2.29. The van der Waals surface area contributed by atoms with Crippen LogP contribution in [0.15, 0.2) is 58.5 Å². The van der Waals surface area contributed by atoms with Crippen LogP contribution in [0, 0.1) is 0 Å². The number of hydrogen-bond acceptors (Lipinski definition) is 5. The van der Waals surface area contributed by atoms with E-state index < -0.39 is 0 Å². The zero-order valence-electron chi connectivity index (χ0n) is 17.8. The SMILES string of the molecule is COCCn1c(SCC(=O)N2CCCc3ccccc32)nc2c([nH]c3ccccc32)c1=O. The number of methoxy groups -OCH3 is 1. The first kappa shape index (κ1) is 20.8. The first-order valence-electron chi connectivity index (χ1n) is 10.7. The molecule has 8 heteroatoms. The van der Waals surface area contributed by atoms with Gasteiger partial charge in [0.2, 0.25) is 5.91 Å². The van der Waals surface area contributed by atoms with Gasteiger partial charge in [0.15, 0.2) is 5.16 Å². The topological polar surface area (TPSA) is 80.2 Å². The normalized spacial score (nSPS) is 13.6. The predicted molar refractivity (Wildman–Crippen MR) is 128 cm³/mol. The third kappa shape index (κ3) is 3.69. The Morgan fingerprint density at radius 2 is 2.00 bits per heavy atom. The molecule has 1 amide bonds. The van der Waals surface area contributed by atoms with Crippen molar-refractivity contribution in [2.75, 3.05) is 30.9 Å². The van der Waals surface area contributed by atoms with Crippen molar-refractivity contribution in [3.8, 4) is 0 Å². The van der Waals surface area contributed by atoms with Gasteiger partial charge in [0.1, 0.15) is 11.0 Å². The van der Waals surface area contributed by atoms with E-state index in [1.165, 1.54) is 17.3 Å². The van der Waals surface area contributed by atoms with Crippen LogP contribution in [0.25, 0.3) is 21.9 Å². The summed E-state index contributed by atoms with van der Waals surface area (Å²) in [5, 5.41) is 1.43. The minimum Gasteiger partial charge on any atom is -0.383 e. The van der Waals surface area contributed by atoms with Crippen LogP contribution in [0.1, 0.15) is 12.0 Å². The van der Waals surface area contributed by atoms with Gasteiger partial charge in [-0.3, -0.25) is 14.2 Å². The van der Waals surface area contributed by atoms with Crippen LogP contribution in [0.5, 0.6) is 0 Å². The van der Waals surface area contributed by atoms with Crippen molar-refractivity contribution in [2.45, 2.75) is 24.5 Å². The zero-order valence-corrected chi connectivity index (χ0v) is 18.7. The van der Waals surface area contributed by atoms with E-state index in [1.807, 2.05) is 47.4 Å². The maximum absolute atomic E-state index is 13.3. The number of fused-ring (bicyclic) bond motifs is 4. The van der Waals surface area contributed by atoms with E-state index in [-0.39, 0.29) is 17.2 Å². The number of carbonyl (C=O) groups is 1. The fraction of sp³-hybridized carbons (Fsp3) is 0.292. The Morgan fingerprint density at radius 3 is 2.88 bits per heavy atom. The number of anilines is 1. The monoisotopic (exact) mass is 448 g/mol. The van der Waals surface area contributed by atoms with Gasteiger partial charge in [-0.1, -0.05) is 48.2 Å². The fourth-order valence-corrected chi connectivity index (χ4v) is 5.16. The maximum atomic E-state index is 13.3. The summed E-state index contributed by atoms with van der Waals surface area (Å²) < 4.78 is 6.80. The van der Waals surface area contributed by atoms with Crippen molar-refractivity contribution in [1.29, 1.82) is 0 Å². The minimum atomic E-state index is -0.151. The molecule has 0 bridgehead atoms. The number of para-hydroxylation sites is 2. The molecule has 1 N–H and O–H groups in total. The highest BCUT2D eigenvalue weighted by Crippen LogP contribution is 2.29. The summed E-state index contributed by atoms with van der Waals surface area (Å²) in [7, 11) is 1.60. The number of hydrogen-bond donors (Lipinski definition) is 1. The molecule has 2 aromatic heterocycles. The van der Waals surface area contributed by atoms with Gasteiger partial charge < -0.3 is 14.6 Å². The number of aromatic nitrogens is 3. The van der Waals surface area contributed by atoms with Crippen molar-refractivity contribution in [2.24, 2.45) is 0 Å². The number of aryl methyl sites for hydroxylation is 1. The van der Waals surface area contributed by atoms with Crippen molar-refractivity contribution < 1.29 is 9.53 Å². The van der Waals surface area contributed by atoms with Crippen molar-refractivity contribution in [3.05, 3.63) is 64.4 Å². The van der Waals surface area contributed by atoms with Crippen molar-refractivity contribution in [3.63, 3.8) is 0 Å². The van der Waals surface area contributed by atoms with Gasteiger partial charge in [-0.15, -0.1) is 0 Å². The summed E-state index contributed by atoms with van der Waals surface area (Å²) >= 11 is 1.31. The van der Waals surface area contributed by atoms with E-state index in [0.717, 1.165) is 29.4 Å². The van der Waals surface area contributed by atoms with Crippen LogP contribution in [0.2, 0.25) is 0 Å². The molecule has 4 aromatic rings. The van der Waals surface area contributed by atoms with E-state index in [1.54, 1.807) is 11.7 Å². The molecule has 0 aliphatic carbocycles. The quantitative estimate of drug-likeness (QED) is 0.360. The number of H-pyrrole nitrogens is 1. The van der Waals surface area contributed by atoms with Gasteiger partial charge in [-0.25, -0.2) is 4.98 Å². The molecule has 164 valence electrons. The minimum absolute atomic E-state index is 0.0220. The molecule has 1 aliphatic heterocycles. The second-order valence-corrected chi connectivity index (χ2v) is 8.75. The average molecular weight is 449 g/mol. The summed E-state index contributed by atoms with van der Waals surface area (Å²) in [5.74, 6) is 0.232.